The van der Waals surface area contributed by atoms with Gasteiger partial charge in [-0.3, -0.25) is 14.2 Å². The molecule has 0 saturated carbocycles. The second-order valence-electron chi connectivity index (χ2n) is 9.82. The molecule has 0 atom stereocenters. The standard InChI is InChI=1S/C28H33N5O4/c34-26-24-8-1-2-9-25(24)37-19-28(10-3-4-16-36-17-13-29-26)11-14-32(15-12-28)27(35)22-6-5-7-23(18-22)33-20-30-31-21-33/h1-2,5-9,18,20-21H,3-4,10-17,19H2,(H,29,34). The molecular weight excluding hydrogens is 470 g/mol. The van der Waals surface area contributed by atoms with Gasteiger partial charge in [-0.15, -0.1) is 10.2 Å². The fraction of sp³-hybridized carbons (Fsp3) is 0.429. The molecule has 1 fully saturated rings. The second kappa shape index (κ2) is 11.6. The van der Waals surface area contributed by atoms with E-state index in [1.807, 2.05) is 47.4 Å². The predicted octanol–water partition coefficient (Wildman–Crippen LogP) is 3.50. The third-order valence-electron chi connectivity index (χ3n) is 7.36. The molecule has 2 amide bonds. The Balaban J connectivity index is 1.28. The quantitative estimate of drug-likeness (QED) is 0.575. The molecule has 9 nitrogen and oxygen atoms in total. The van der Waals surface area contributed by atoms with E-state index in [1.165, 1.54) is 0 Å². The van der Waals surface area contributed by atoms with Crippen LogP contribution in [-0.2, 0) is 4.74 Å². The van der Waals surface area contributed by atoms with Gasteiger partial charge in [0.1, 0.15) is 18.4 Å². The van der Waals surface area contributed by atoms with E-state index in [4.69, 9.17) is 9.47 Å². The molecule has 0 radical (unpaired) electrons. The first kappa shape index (κ1) is 25.0. The van der Waals surface area contributed by atoms with Crippen molar-refractivity contribution in [3.63, 3.8) is 0 Å². The van der Waals surface area contributed by atoms with Gasteiger partial charge in [0.05, 0.1) is 18.8 Å². The number of hydrogen-bond acceptors (Lipinski definition) is 6. The topological polar surface area (TPSA) is 98.6 Å². The number of ether oxygens (including phenoxy) is 2. The zero-order valence-corrected chi connectivity index (χ0v) is 21.0. The minimum atomic E-state index is -0.153. The van der Waals surface area contributed by atoms with Crippen LogP contribution in [0.4, 0.5) is 0 Å². The molecule has 0 unspecified atom stereocenters. The molecule has 5 rings (SSSR count). The minimum Gasteiger partial charge on any atom is -0.492 e. The summed E-state index contributed by atoms with van der Waals surface area (Å²) in [5.74, 6) is 0.475. The number of amides is 2. The fourth-order valence-electron chi connectivity index (χ4n) is 5.12. The number of para-hydroxylation sites is 1. The first-order valence-electron chi connectivity index (χ1n) is 13.0. The maximum Gasteiger partial charge on any atom is 0.255 e. The molecule has 1 saturated heterocycles. The lowest BCUT2D eigenvalue weighted by Crippen LogP contribution is -2.45. The lowest BCUT2D eigenvalue weighted by atomic mass is 9.75. The van der Waals surface area contributed by atoms with E-state index in [0.717, 1.165) is 37.8 Å². The summed E-state index contributed by atoms with van der Waals surface area (Å²) in [6, 6.07) is 14.9. The summed E-state index contributed by atoms with van der Waals surface area (Å²) in [5.41, 5.74) is 1.99. The monoisotopic (exact) mass is 503 g/mol. The number of benzene rings is 2. The maximum atomic E-state index is 13.4. The molecule has 0 aliphatic carbocycles. The Bertz CT molecular complexity index is 1200. The van der Waals surface area contributed by atoms with Crippen molar-refractivity contribution >= 4 is 11.8 Å². The van der Waals surface area contributed by atoms with Crippen LogP contribution in [0.5, 0.6) is 5.75 Å². The molecule has 2 aliphatic heterocycles. The SMILES string of the molecule is O=C1NCCOCCCCC2(CCN(C(=O)c3cccc(-n4cnnc4)c3)CC2)COc2ccccc21. The van der Waals surface area contributed by atoms with Gasteiger partial charge in [-0.2, -0.15) is 0 Å². The van der Waals surface area contributed by atoms with E-state index >= 15 is 0 Å². The van der Waals surface area contributed by atoms with E-state index in [1.54, 1.807) is 23.3 Å². The van der Waals surface area contributed by atoms with Gasteiger partial charge in [-0.05, 0) is 56.0 Å². The summed E-state index contributed by atoms with van der Waals surface area (Å²) >= 11 is 0. The van der Waals surface area contributed by atoms with Crippen LogP contribution >= 0.6 is 0 Å². The van der Waals surface area contributed by atoms with E-state index in [9.17, 15) is 9.59 Å². The van der Waals surface area contributed by atoms with Gasteiger partial charge < -0.3 is 19.7 Å². The third kappa shape index (κ3) is 5.99. The number of piperidine rings is 1. The summed E-state index contributed by atoms with van der Waals surface area (Å²) < 4.78 is 13.8. The average molecular weight is 504 g/mol. The molecule has 9 heteroatoms. The summed E-state index contributed by atoms with van der Waals surface area (Å²) in [6.45, 7) is 3.49. The zero-order valence-electron chi connectivity index (χ0n) is 21.0. The molecule has 37 heavy (non-hydrogen) atoms. The van der Waals surface area contributed by atoms with Crippen molar-refractivity contribution in [1.82, 2.24) is 25.0 Å². The Hall–Kier alpha value is -3.72. The highest BCUT2D eigenvalue weighted by molar-refractivity contribution is 5.97. The van der Waals surface area contributed by atoms with Crippen LogP contribution in [0.2, 0.25) is 0 Å². The Morgan fingerprint density at radius 3 is 2.59 bits per heavy atom. The van der Waals surface area contributed by atoms with Crippen LogP contribution in [0, 0.1) is 5.41 Å². The van der Waals surface area contributed by atoms with E-state index in [2.05, 4.69) is 15.5 Å². The number of carbonyl (C=O) groups excluding carboxylic acids is 2. The minimum absolute atomic E-state index is 0.0296. The Labute approximate surface area is 216 Å². The van der Waals surface area contributed by atoms with Crippen molar-refractivity contribution in [2.75, 3.05) is 39.5 Å². The fourth-order valence-corrected chi connectivity index (χ4v) is 5.12. The molecule has 194 valence electrons. The van der Waals surface area contributed by atoms with Gasteiger partial charge in [0.15, 0.2) is 0 Å². The Morgan fingerprint density at radius 1 is 0.946 bits per heavy atom. The highest BCUT2D eigenvalue weighted by atomic mass is 16.5. The lowest BCUT2D eigenvalue weighted by molar-refractivity contribution is 0.0341. The number of aromatic nitrogens is 3. The van der Waals surface area contributed by atoms with Gasteiger partial charge >= 0.3 is 0 Å². The van der Waals surface area contributed by atoms with E-state index in [-0.39, 0.29) is 17.2 Å². The number of hydrogen-bond donors (Lipinski definition) is 1. The lowest BCUT2D eigenvalue weighted by Gasteiger charge is -2.42. The van der Waals surface area contributed by atoms with Gasteiger partial charge in [0.2, 0.25) is 0 Å². The molecule has 3 heterocycles. The first-order valence-corrected chi connectivity index (χ1v) is 13.0. The number of nitrogens with zero attached hydrogens (tertiary/aromatic N) is 4. The van der Waals surface area contributed by atoms with E-state index < -0.39 is 0 Å². The van der Waals surface area contributed by atoms with Crippen LogP contribution in [0.25, 0.3) is 5.69 Å². The summed E-state index contributed by atoms with van der Waals surface area (Å²) in [6.07, 6.45) is 7.92. The molecule has 2 aliphatic rings. The van der Waals surface area contributed by atoms with Crippen molar-refractivity contribution < 1.29 is 19.1 Å². The molecular formula is C28H33N5O4. The van der Waals surface area contributed by atoms with Crippen molar-refractivity contribution in [3.05, 3.63) is 72.3 Å². The normalized spacial score (nSPS) is 18.8. The van der Waals surface area contributed by atoms with Gasteiger partial charge in [-0.25, -0.2) is 0 Å². The molecule has 1 spiro atoms. The second-order valence-corrected chi connectivity index (χ2v) is 9.82. The highest BCUT2D eigenvalue weighted by Crippen LogP contribution is 2.38. The average Bonchev–Trinajstić information content (AvgIpc) is 3.49. The molecule has 0 bridgehead atoms. The summed E-state index contributed by atoms with van der Waals surface area (Å²) in [4.78, 5) is 28.0. The molecule has 1 N–H and O–H groups in total. The maximum absolute atomic E-state index is 13.4. The summed E-state index contributed by atoms with van der Waals surface area (Å²) in [7, 11) is 0. The Kier molecular flexibility index (Phi) is 7.79. The van der Waals surface area contributed by atoms with Crippen LogP contribution in [0.3, 0.4) is 0 Å². The van der Waals surface area contributed by atoms with Gasteiger partial charge in [0.25, 0.3) is 11.8 Å². The van der Waals surface area contributed by atoms with Crippen molar-refractivity contribution in [3.8, 4) is 11.4 Å². The highest BCUT2D eigenvalue weighted by Gasteiger charge is 2.37. The van der Waals surface area contributed by atoms with Gasteiger partial charge in [-0.1, -0.05) is 24.6 Å². The number of nitrogens with one attached hydrogen (secondary N) is 1. The number of rotatable bonds is 2. The van der Waals surface area contributed by atoms with Crippen LogP contribution in [0.1, 0.15) is 52.8 Å². The predicted molar refractivity (Wildman–Crippen MR) is 138 cm³/mol. The van der Waals surface area contributed by atoms with Crippen molar-refractivity contribution in [1.29, 1.82) is 0 Å². The number of likely N-dealkylation sites (tertiary alicyclic amines) is 1. The van der Waals surface area contributed by atoms with Crippen molar-refractivity contribution in [2.45, 2.75) is 32.1 Å². The van der Waals surface area contributed by atoms with Crippen LogP contribution in [-0.4, -0.2) is 70.9 Å². The van der Waals surface area contributed by atoms with Gasteiger partial charge in [0, 0.05) is 42.9 Å². The molecule has 1 aromatic heterocycles. The smallest absolute Gasteiger partial charge is 0.255 e. The third-order valence-corrected chi connectivity index (χ3v) is 7.36. The van der Waals surface area contributed by atoms with Crippen molar-refractivity contribution in [2.24, 2.45) is 5.41 Å². The molecule has 3 aromatic rings. The Morgan fingerprint density at radius 2 is 1.76 bits per heavy atom. The first-order chi connectivity index (χ1) is 18.1. The summed E-state index contributed by atoms with van der Waals surface area (Å²) in [5, 5.41) is 10.6. The number of carbonyl (C=O) groups is 2. The largest absolute Gasteiger partial charge is 0.492 e. The molecule has 2 aromatic carbocycles. The van der Waals surface area contributed by atoms with Crippen LogP contribution in [0.15, 0.2) is 61.2 Å². The zero-order chi connectivity index (χ0) is 25.5. The van der Waals surface area contributed by atoms with E-state index in [0.29, 0.717) is 56.3 Å². The van der Waals surface area contributed by atoms with Crippen LogP contribution < -0.4 is 10.1 Å². The number of fused-ring (bicyclic) bond motifs is 1.